The van der Waals surface area contributed by atoms with E-state index in [2.05, 4.69) is 45.6 Å². The van der Waals surface area contributed by atoms with Gasteiger partial charge in [0.2, 0.25) is 0 Å². The molecular formula is C24H35N3O. The Bertz CT molecular complexity index is 682. The lowest BCUT2D eigenvalue weighted by Crippen LogP contribution is -2.35. The van der Waals surface area contributed by atoms with Crippen LogP contribution in [0.1, 0.15) is 56.6 Å². The molecule has 1 aliphatic carbocycles. The number of ether oxygens (including phenoxy) is 1. The average Bonchev–Trinajstić information content (AvgIpc) is 3.20. The number of allylic oxidation sites excluding steroid dienone is 1. The molecule has 1 N–H and O–H groups in total. The van der Waals surface area contributed by atoms with Crippen molar-refractivity contribution in [3.63, 3.8) is 0 Å². The van der Waals surface area contributed by atoms with Gasteiger partial charge in [0, 0.05) is 44.0 Å². The summed E-state index contributed by atoms with van der Waals surface area (Å²) in [5.41, 5.74) is 4.96. The highest BCUT2D eigenvalue weighted by atomic mass is 16.5. The van der Waals surface area contributed by atoms with Gasteiger partial charge in [-0.2, -0.15) is 0 Å². The van der Waals surface area contributed by atoms with Gasteiger partial charge in [0.25, 0.3) is 0 Å². The summed E-state index contributed by atoms with van der Waals surface area (Å²) in [6.07, 6.45) is 13.1. The van der Waals surface area contributed by atoms with Crippen LogP contribution in [0, 0.1) is 0 Å². The van der Waals surface area contributed by atoms with Gasteiger partial charge in [0.1, 0.15) is 5.84 Å². The van der Waals surface area contributed by atoms with Crippen molar-refractivity contribution >= 4 is 11.4 Å². The lowest BCUT2D eigenvalue weighted by Gasteiger charge is -2.26. The van der Waals surface area contributed by atoms with Crippen molar-refractivity contribution in [1.29, 1.82) is 0 Å². The smallest absolute Gasteiger partial charge is 0.132 e. The fourth-order valence-corrected chi connectivity index (χ4v) is 4.01. The summed E-state index contributed by atoms with van der Waals surface area (Å²) in [6, 6.07) is 8.84. The van der Waals surface area contributed by atoms with E-state index in [0.717, 1.165) is 38.7 Å². The van der Waals surface area contributed by atoms with Crippen LogP contribution < -0.4 is 5.32 Å². The molecule has 0 spiro atoms. The van der Waals surface area contributed by atoms with Gasteiger partial charge >= 0.3 is 0 Å². The first-order valence-corrected chi connectivity index (χ1v) is 10.8. The van der Waals surface area contributed by atoms with E-state index in [1.807, 2.05) is 20.2 Å². The molecule has 4 rings (SSSR count). The Morgan fingerprint density at radius 2 is 1.61 bits per heavy atom. The van der Waals surface area contributed by atoms with Crippen LogP contribution >= 0.6 is 0 Å². The molecule has 0 aromatic heterocycles. The molecule has 2 aliphatic heterocycles. The molecule has 0 unspecified atom stereocenters. The number of rotatable bonds is 3. The molecule has 0 radical (unpaired) electrons. The van der Waals surface area contributed by atoms with Gasteiger partial charge in [-0.1, -0.05) is 68.9 Å². The lowest BCUT2D eigenvalue weighted by atomic mass is 9.99. The predicted octanol–water partition coefficient (Wildman–Crippen LogP) is 4.78. The molecule has 4 heteroatoms. The number of nitrogens with one attached hydrogen (secondary N) is 1. The topological polar surface area (TPSA) is 36.9 Å². The molecule has 1 aromatic rings. The van der Waals surface area contributed by atoms with Gasteiger partial charge in [0.15, 0.2) is 0 Å². The van der Waals surface area contributed by atoms with E-state index in [1.165, 1.54) is 60.8 Å². The summed E-state index contributed by atoms with van der Waals surface area (Å²) in [4.78, 5) is 6.72. The fourth-order valence-electron chi connectivity index (χ4n) is 4.01. The van der Waals surface area contributed by atoms with Crippen LogP contribution in [-0.2, 0) is 11.3 Å². The maximum absolute atomic E-state index is 5.40. The normalized spacial score (nSPS) is 23.1. The standard InChI is InChI=1S/C18H23N3O.C6H12/c1-3-16-17(12-20-18(16)19-2)15-6-4-14(5-7-15)13-21-8-10-22-11-9-21;1-2-4-6-5-3-1/h3-7,12H,8-11,13H2,1-2H3,(H,19,20);1-6H2/b16-3-;. The van der Waals surface area contributed by atoms with Crippen molar-refractivity contribution in [3.8, 4) is 0 Å². The van der Waals surface area contributed by atoms with Crippen LogP contribution in [-0.4, -0.2) is 44.1 Å². The SMILES string of the molecule is C/C=C1/C(c2ccc(CN3CCOCC3)cc2)=CNC1=NC.C1CCCCC1. The molecule has 0 atom stereocenters. The zero-order chi connectivity index (χ0) is 19.6. The van der Waals surface area contributed by atoms with E-state index in [-0.39, 0.29) is 0 Å². The molecule has 1 saturated carbocycles. The molecule has 2 heterocycles. The van der Waals surface area contributed by atoms with E-state index in [0.29, 0.717) is 0 Å². The van der Waals surface area contributed by atoms with Crippen LogP contribution in [0.3, 0.4) is 0 Å². The highest BCUT2D eigenvalue weighted by Crippen LogP contribution is 2.27. The zero-order valence-electron chi connectivity index (χ0n) is 17.5. The molecule has 28 heavy (non-hydrogen) atoms. The molecule has 2 fully saturated rings. The second kappa shape index (κ2) is 11.2. The third-order valence-corrected chi connectivity index (χ3v) is 5.69. The van der Waals surface area contributed by atoms with Crippen molar-refractivity contribution in [2.75, 3.05) is 33.4 Å². The molecule has 0 bridgehead atoms. The summed E-state index contributed by atoms with van der Waals surface area (Å²) < 4.78 is 5.40. The second-order valence-electron chi connectivity index (χ2n) is 7.68. The number of amidine groups is 1. The predicted molar refractivity (Wildman–Crippen MR) is 118 cm³/mol. The van der Waals surface area contributed by atoms with E-state index < -0.39 is 0 Å². The maximum Gasteiger partial charge on any atom is 0.132 e. The first-order chi connectivity index (χ1) is 13.8. The van der Waals surface area contributed by atoms with Crippen molar-refractivity contribution in [2.45, 2.75) is 52.0 Å². The van der Waals surface area contributed by atoms with Crippen molar-refractivity contribution in [2.24, 2.45) is 4.99 Å². The number of benzene rings is 1. The Hall–Kier alpha value is -1.91. The maximum atomic E-state index is 5.40. The third kappa shape index (κ3) is 5.79. The van der Waals surface area contributed by atoms with Gasteiger partial charge in [-0.25, -0.2) is 0 Å². The Morgan fingerprint density at radius 1 is 1.00 bits per heavy atom. The summed E-state index contributed by atoms with van der Waals surface area (Å²) in [7, 11) is 1.81. The van der Waals surface area contributed by atoms with E-state index in [9.17, 15) is 0 Å². The molecule has 4 nitrogen and oxygen atoms in total. The van der Waals surface area contributed by atoms with E-state index >= 15 is 0 Å². The quantitative estimate of drug-likeness (QED) is 0.819. The van der Waals surface area contributed by atoms with Gasteiger partial charge in [-0.3, -0.25) is 9.89 Å². The first kappa shape index (κ1) is 20.8. The molecule has 0 amide bonds. The van der Waals surface area contributed by atoms with Gasteiger partial charge in [0.05, 0.1) is 13.2 Å². The first-order valence-electron chi connectivity index (χ1n) is 10.8. The largest absolute Gasteiger partial charge is 0.379 e. The van der Waals surface area contributed by atoms with Crippen molar-refractivity contribution in [3.05, 3.63) is 53.2 Å². The Labute approximate surface area is 170 Å². The van der Waals surface area contributed by atoms with Crippen LogP contribution in [0.4, 0.5) is 0 Å². The molecule has 152 valence electrons. The molecule has 1 saturated heterocycles. The Morgan fingerprint density at radius 3 is 2.14 bits per heavy atom. The molecule has 3 aliphatic rings. The van der Waals surface area contributed by atoms with Crippen molar-refractivity contribution in [1.82, 2.24) is 10.2 Å². The Balaban J connectivity index is 0.000000320. The number of hydrogen-bond acceptors (Lipinski definition) is 3. The van der Waals surface area contributed by atoms with Crippen LogP contribution in [0.15, 0.2) is 47.1 Å². The van der Waals surface area contributed by atoms with E-state index in [4.69, 9.17) is 4.74 Å². The Kier molecular flexibility index (Phi) is 8.31. The number of morpholine rings is 1. The minimum absolute atomic E-state index is 0.848. The number of hydrogen-bond donors (Lipinski definition) is 1. The lowest BCUT2D eigenvalue weighted by molar-refractivity contribution is 0.0342. The van der Waals surface area contributed by atoms with Crippen LogP contribution in [0.5, 0.6) is 0 Å². The average molecular weight is 382 g/mol. The van der Waals surface area contributed by atoms with Crippen molar-refractivity contribution < 1.29 is 4.74 Å². The zero-order valence-corrected chi connectivity index (χ0v) is 17.5. The van der Waals surface area contributed by atoms with Gasteiger partial charge < -0.3 is 10.1 Å². The molecular weight excluding hydrogens is 346 g/mol. The number of nitrogens with zero attached hydrogens (tertiary/aromatic N) is 2. The minimum Gasteiger partial charge on any atom is -0.379 e. The molecule has 1 aromatic carbocycles. The second-order valence-corrected chi connectivity index (χ2v) is 7.68. The third-order valence-electron chi connectivity index (χ3n) is 5.69. The van der Waals surface area contributed by atoms with Crippen LogP contribution in [0.25, 0.3) is 5.57 Å². The monoisotopic (exact) mass is 381 g/mol. The summed E-state index contributed by atoms with van der Waals surface area (Å²) >= 11 is 0. The summed E-state index contributed by atoms with van der Waals surface area (Å²) in [5, 5.41) is 3.23. The summed E-state index contributed by atoms with van der Waals surface area (Å²) in [6.45, 7) is 6.79. The highest BCUT2D eigenvalue weighted by Gasteiger charge is 2.18. The van der Waals surface area contributed by atoms with Gasteiger partial charge in [-0.05, 0) is 18.1 Å². The number of aliphatic imine (C=N–C) groups is 1. The summed E-state index contributed by atoms with van der Waals surface area (Å²) in [5.74, 6) is 0.940. The highest BCUT2D eigenvalue weighted by molar-refractivity contribution is 6.16. The fraction of sp³-hybridized carbons (Fsp3) is 0.542. The minimum atomic E-state index is 0.848. The van der Waals surface area contributed by atoms with E-state index in [1.54, 1.807) is 0 Å². The van der Waals surface area contributed by atoms with Crippen LogP contribution in [0.2, 0.25) is 0 Å². The van der Waals surface area contributed by atoms with Gasteiger partial charge in [-0.15, -0.1) is 0 Å².